The smallest absolute Gasteiger partial charge is 0.236 e. The molecule has 0 heterocycles. The normalized spacial score (nSPS) is 11.3. The van der Waals surface area contributed by atoms with Gasteiger partial charge in [-0.1, -0.05) is 27.5 Å². The number of carbonyl (C=O) groups is 1. The third-order valence-electron chi connectivity index (χ3n) is 2.26. The summed E-state index contributed by atoms with van der Waals surface area (Å²) < 4.78 is -0.580. The van der Waals surface area contributed by atoms with Crippen molar-refractivity contribution in [2.75, 3.05) is 6.54 Å². The molecule has 0 aliphatic rings. The summed E-state index contributed by atoms with van der Waals surface area (Å²) in [6.45, 7) is 4.01. The average Bonchev–Trinajstić information content (AvgIpc) is 2.21. The second-order valence-electron chi connectivity index (χ2n) is 4.25. The number of rotatable bonds is 4. The maximum atomic E-state index is 11.6. The van der Waals surface area contributed by atoms with Crippen molar-refractivity contribution in [3.8, 4) is 5.75 Å². The van der Waals surface area contributed by atoms with Crippen molar-refractivity contribution < 1.29 is 9.90 Å². The second-order valence-corrected chi connectivity index (χ2v) is 6.67. The van der Waals surface area contributed by atoms with Crippen LogP contribution in [0.3, 0.4) is 0 Å². The molecule has 2 N–H and O–H groups in total. The SMILES string of the molecule is CC(C)(Br)C(=O)NCCc1cc(Cl)ccc1O. The van der Waals surface area contributed by atoms with Gasteiger partial charge in [-0.05, 0) is 44.0 Å². The van der Waals surface area contributed by atoms with Gasteiger partial charge in [0.2, 0.25) is 5.91 Å². The highest BCUT2D eigenvalue weighted by atomic mass is 79.9. The summed E-state index contributed by atoms with van der Waals surface area (Å²) in [6, 6.07) is 4.87. The summed E-state index contributed by atoms with van der Waals surface area (Å²) in [5.41, 5.74) is 0.727. The fourth-order valence-electron chi connectivity index (χ4n) is 1.28. The summed E-state index contributed by atoms with van der Waals surface area (Å²) >= 11 is 9.10. The Hall–Kier alpha value is -0.740. The number of carbonyl (C=O) groups excluding carboxylic acids is 1. The fraction of sp³-hybridized carbons (Fsp3) is 0.417. The molecule has 94 valence electrons. The molecule has 1 aromatic rings. The van der Waals surface area contributed by atoms with Crippen LogP contribution >= 0.6 is 27.5 Å². The number of amides is 1. The Morgan fingerprint density at radius 2 is 2.18 bits per heavy atom. The van der Waals surface area contributed by atoms with Crippen LogP contribution in [0.15, 0.2) is 18.2 Å². The van der Waals surface area contributed by atoms with Gasteiger partial charge in [-0.25, -0.2) is 0 Å². The summed E-state index contributed by atoms with van der Waals surface area (Å²) in [6.07, 6.45) is 0.543. The van der Waals surface area contributed by atoms with E-state index in [1.165, 1.54) is 0 Å². The Labute approximate surface area is 114 Å². The summed E-state index contributed by atoms with van der Waals surface area (Å²) in [4.78, 5) is 11.6. The third kappa shape index (κ3) is 4.56. The molecule has 0 saturated carbocycles. The zero-order valence-electron chi connectivity index (χ0n) is 9.76. The van der Waals surface area contributed by atoms with E-state index in [9.17, 15) is 9.90 Å². The number of phenolic OH excluding ortho intramolecular Hbond substituents is 1. The van der Waals surface area contributed by atoms with Crippen molar-refractivity contribution in [1.82, 2.24) is 5.32 Å². The van der Waals surface area contributed by atoms with Crippen molar-refractivity contribution in [3.05, 3.63) is 28.8 Å². The molecular formula is C12H15BrClNO2. The minimum atomic E-state index is -0.580. The van der Waals surface area contributed by atoms with Crippen LogP contribution in [0.25, 0.3) is 0 Å². The first kappa shape index (κ1) is 14.3. The van der Waals surface area contributed by atoms with E-state index in [2.05, 4.69) is 21.2 Å². The number of alkyl halides is 1. The number of halogens is 2. The Kier molecular flexibility index (Phi) is 4.83. The molecule has 1 amide bonds. The lowest BCUT2D eigenvalue weighted by atomic mass is 10.1. The Morgan fingerprint density at radius 1 is 1.53 bits per heavy atom. The predicted molar refractivity (Wildman–Crippen MR) is 72.8 cm³/mol. The largest absolute Gasteiger partial charge is 0.508 e. The van der Waals surface area contributed by atoms with Crippen LogP contribution in [-0.4, -0.2) is 21.9 Å². The van der Waals surface area contributed by atoms with Gasteiger partial charge in [-0.3, -0.25) is 4.79 Å². The molecule has 0 unspecified atom stereocenters. The average molecular weight is 321 g/mol. The van der Waals surface area contributed by atoms with Gasteiger partial charge in [0.25, 0.3) is 0 Å². The molecule has 0 saturated heterocycles. The van der Waals surface area contributed by atoms with E-state index in [1.807, 2.05) is 0 Å². The molecule has 0 aromatic heterocycles. The second kappa shape index (κ2) is 5.74. The van der Waals surface area contributed by atoms with Crippen LogP contribution in [0.5, 0.6) is 5.75 Å². The van der Waals surface area contributed by atoms with Gasteiger partial charge in [0.1, 0.15) is 5.75 Å². The molecule has 0 fully saturated rings. The Morgan fingerprint density at radius 3 is 2.76 bits per heavy atom. The van der Waals surface area contributed by atoms with E-state index in [0.29, 0.717) is 18.0 Å². The fourth-order valence-corrected chi connectivity index (χ4v) is 1.61. The van der Waals surface area contributed by atoms with Crippen LogP contribution in [0.2, 0.25) is 5.02 Å². The Balaban J connectivity index is 2.52. The molecule has 0 spiro atoms. The highest BCUT2D eigenvalue weighted by Gasteiger charge is 2.22. The number of aromatic hydroxyl groups is 1. The van der Waals surface area contributed by atoms with E-state index >= 15 is 0 Å². The predicted octanol–water partition coefficient (Wildman–Crippen LogP) is 2.88. The maximum Gasteiger partial charge on any atom is 0.236 e. The standard InChI is InChI=1S/C12H15BrClNO2/c1-12(2,13)11(17)15-6-5-8-7-9(14)3-4-10(8)16/h3-4,7,16H,5-6H2,1-2H3,(H,15,17). The maximum absolute atomic E-state index is 11.6. The monoisotopic (exact) mass is 319 g/mol. The van der Waals surface area contributed by atoms with Crippen molar-refractivity contribution in [2.45, 2.75) is 24.6 Å². The van der Waals surface area contributed by atoms with Gasteiger partial charge in [0, 0.05) is 11.6 Å². The zero-order chi connectivity index (χ0) is 13.1. The van der Waals surface area contributed by atoms with Crippen LogP contribution in [0, 0.1) is 0 Å². The molecule has 0 atom stereocenters. The molecule has 0 bridgehead atoms. The molecule has 5 heteroatoms. The minimum absolute atomic E-state index is 0.0842. The zero-order valence-corrected chi connectivity index (χ0v) is 12.1. The molecule has 0 aliphatic carbocycles. The quantitative estimate of drug-likeness (QED) is 0.838. The number of hydrogen-bond donors (Lipinski definition) is 2. The number of benzene rings is 1. The van der Waals surface area contributed by atoms with E-state index in [0.717, 1.165) is 5.56 Å². The lowest BCUT2D eigenvalue weighted by Crippen LogP contribution is -2.38. The highest BCUT2D eigenvalue weighted by Crippen LogP contribution is 2.21. The minimum Gasteiger partial charge on any atom is -0.508 e. The molecule has 1 rings (SSSR count). The molecule has 3 nitrogen and oxygen atoms in total. The van der Waals surface area contributed by atoms with Crippen molar-refractivity contribution in [1.29, 1.82) is 0 Å². The topological polar surface area (TPSA) is 49.3 Å². The van der Waals surface area contributed by atoms with Crippen molar-refractivity contribution in [3.63, 3.8) is 0 Å². The van der Waals surface area contributed by atoms with Crippen LogP contribution in [-0.2, 0) is 11.2 Å². The Bertz CT molecular complexity index is 415. The number of phenols is 1. The van der Waals surface area contributed by atoms with Crippen LogP contribution < -0.4 is 5.32 Å². The van der Waals surface area contributed by atoms with E-state index in [4.69, 9.17) is 11.6 Å². The van der Waals surface area contributed by atoms with Gasteiger partial charge in [0.05, 0.1) is 4.32 Å². The lowest BCUT2D eigenvalue weighted by molar-refractivity contribution is -0.122. The van der Waals surface area contributed by atoms with Crippen molar-refractivity contribution >= 4 is 33.4 Å². The molecule has 0 aliphatic heterocycles. The van der Waals surface area contributed by atoms with E-state index < -0.39 is 4.32 Å². The third-order valence-corrected chi connectivity index (χ3v) is 2.86. The first-order valence-corrected chi connectivity index (χ1v) is 6.42. The summed E-state index contributed by atoms with van der Waals surface area (Å²) in [5, 5.41) is 12.9. The van der Waals surface area contributed by atoms with Gasteiger partial charge in [0.15, 0.2) is 0 Å². The highest BCUT2D eigenvalue weighted by molar-refractivity contribution is 9.10. The van der Waals surface area contributed by atoms with Crippen molar-refractivity contribution in [2.24, 2.45) is 0 Å². The molecule has 17 heavy (non-hydrogen) atoms. The summed E-state index contributed by atoms with van der Waals surface area (Å²) in [5.74, 6) is 0.112. The first-order valence-electron chi connectivity index (χ1n) is 5.25. The van der Waals surface area contributed by atoms with Gasteiger partial charge >= 0.3 is 0 Å². The van der Waals surface area contributed by atoms with E-state index in [1.54, 1.807) is 32.0 Å². The van der Waals surface area contributed by atoms with Crippen LogP contribution in [0.4, 0.5) is 0 Å². The molecular weight excluding hydrogens is 305 g/mol. The van der Waals surface area contributed by atoms with Gasteiger partial charge in [-0.2, -0.15) is 0 Å². The summed E-state index contributed by atoms with van der Waals surface area (Å²) in [7, 11) is 0. The van der Waals surface area contributed by atoms with Crippen LogP contribution in [0.1, 0.15) is 19.4 Å². The molecule has 1 aromatic carbocycles. The van der Waals surface area contributed by atoms with Gasteiger partial charge in [-0.15, -0.1) is 0 Å². The number of nitrogens with one attached hydrogen (secondary N) is 1. The lowest BCUT2D eigenvalue weighted by Gasteiger charge is -2.15. The number of hydrogen-bond acceptors (Lipinski definition) is 2. The van der Waals surface area contributed by atoms with E-state index in [-0.39, 0.29) is 11.7 Å². The first-order chi connectivity index (χ1) is 7.80. The molecule has 0 radical (unpaired) electrons. The van der Waals surface area contributed by atoms with Gasteiger partial charge < -0.3 is 10.4 Å².